The maximum atomic E-state index is 14.1. The molecule has 0 unspecified atom stereocenters. The van der Waals surface area contributed by atoms with Gasteiger partial charge in [0.25, 0.3) is 0 Å². The van der Waals surface area contributed by atoms with Crippen LogP contribution in [0.5, 0.6) is 0 Å². The van der Waals surface area contributed by atoms with E-state index in [0.717, 1.165) is 66.7 Å². The molecule has 0 radical (unpaired) electrons. The molecule has 144 valence electrons. The van der Waals surface area contributed by atoms with Gasteiger partial charge in [-0.2, -0.15) is 9.64 Å². The van der Waals surface area contributed by atoms with Gasteiger partial charge in [0.2, 0.25) is 5.13 Å². The van der Waals surface area contributed by atoms with E-state index in [1.54, 1.807) is 6.20 Å². The van der Waals surface area contributed by atoms with E-state index in [1.807, 2.05) is 6.92 Å². The molecular formula is C20H21FN6S. The third kappa shape index (κ3) is 3.38. The van der Waals surface area contributed by atoms with Crippen LogP contribution in [0.1, 0.15) is 30.3 Å². The monoisotopic (exact) mass is 396 g/mol. The molecule has 0 atom stereocenters. The van der Waals surface area contributed by atoms with Crippen molar-refractivity contribution in [1.29, 1.82) is 5.26 Å². The molecule has 0 bridgehead atoms. The Hall–Kier alpha value is -2.79. The second kappa shape index (κ2) is 7.68. The molecule has 1 aliphatic heterocycles. The smallest absolute Gasteiger partial charge is 0.205 e. The molecular weight excluding hydrogens is 375 g/mol. The standard InChI is InChI=1S/C20H21FN6S/c1-3-17-24-20(28-25-17)27-6-4-5-26(7-8-27)19-14(11-22)12-23-18-13(2)9-15(21)10-16(18)19/h9-10,12H,3-8H2,1-2H3. The Labute approximate surface area is 167 Å². The highest BCUT2D eigenvalue weighted by Gasteiger charge is 2.22. The zero-order valence-corrected chi connectivity index (χ0v) is 16.8. The van der Waals surface area contributed by atoms with Crippen LogP contribution >= 0.6 is 11.5 Å². The predicted octanol–water partition coefficient (Wildman–Crippen LogP) is 3.68. The molecule has 3 heterocycles. The van der Waals surface area contributed by atoms with Gasteiger partial charge < -0.3 is 9.80 Å². The Morgan fingerprint density at radius 1 is 1.21 bits per heavy atom. The first-order chi connectivity index (χ1) is 13.6. The Balaban J connectivity index is 1.69. The van der Waals surface area contributed by atoms with E-state index in [9.17, 15) is 9.65 Å². The molecule has 0 amide bonds. The summed E-state index contributed by atoms with van der Waals surface area (Å²) >= 11 is 1.44. The summed E-state index contributed by atoms with van der Waals surface area (Å²) in [4.78, 5) is 13.4. The van der Waals surface area contributed by atoms with Crippen LogP contribution in [0.3, 0.4) is 0 Å². The van der Waals surface area contributed by atoms with Gasteiger partial charge in [-0.25, -0.2) is 9.37 Å². The normalized spacial score (nSPS) is 14.9. The number of pyridine rings is 1. The molecule has 1 fully saturated rings. The third-order valence-corrected chi connectivity index (χ3v) is 5.89. The number of nitriles is 1. The van der Waals surface area contributed by atoms with E-state index in [4.69, 9.17) is 0 Å². The van der Waals surface area contributed by atoms with Crippen molar-refractivity contribution in [2.45, 2.75) is 26.7 Å². The van der Waals surface area contributed by atoms with Crippen molar-refractivity contribution in [3.8, 4) is 6.07 Å². The van der Waals surface area contributed by atoms with Crippen LogP contribution in [-0.4, -0.2) is 40.5 Å². The minimum absolute atomic E-state index is 0.305. The van der Waals surface area contributed by atoms with Gasteiger partial charge in [0.15, 0.2) is 0 Å². The number of aromatic nitrogens is 3. The van der Waals surface area contributed by atoms with E-state index in [2.05, 4.69) is 37.1 Å². The molecule has 1 aliphatic rings. The van der Waals surface area contributed by atoms with E-state index in [-0.39, 0.29) is 5.82 Å². The summed E-state index contributed by atoms with van der Waals surface area (Å²) in [7, 11) is 0. The van der Waals surface area contributed by atoms with Crippen molar-refractivity contribution in [2.24, 2.45) is 0 Å². The lowest BCUT2D eigenvalue weighted by atomic mass is 10.0. The summed E-state index contributed by atoms with van der Waals surface area (Å²) < 4.78 is 18.5. The number of halogens is 1. The molecule has 3 aromatic rings. The average molecular weight is 396 g/mol. The Morgan fingerprint density at radius 2 is 2.00 bits per heavy atom. The number of anilines is 2. The van der Waals surface area contributed by atoms with E-state index >= 15 is 0 Å². The molecule has 0 N–H and O–H groups in total. The lowest BCUT2D eigenvalue weighted by molar-refractivity contribution is 0.628. The molecule has 0 spiro atoms. The number of aryl methyl sites for hydroxylation is 2. The first-order valence-corrected chi connectivity index (χ1v) is 10.2. The molecule has 6 nitrogen and oxygen atoms in total. The molecule has 4 rings (SSSR count). The van der Waals surface area contributed by atoms with Crippen molar-refractivity contribution in [3.05, 3.63) is 41.1 Å². The zero-order chi connectivity index (χ0) is 19.7. The lowest BCUT2D eigenvalue weighted by Crippen LogP contribution is -2.31. The van der Waals surface area contributed by atoms with Gasteiger partial charge in [0.05, 0.1) is 16.8 Å². The zero-order valence-electron chi connectivity index (χ0n) is 15.9. The van der Waals surface area contributed by atoms with Crippen LogP contribution in [-0.2, 0) is 6.42 Å². The first kappa shape index (κ1) is 18.6. The Kier molecular flexibility index (Phi) is 5.09. The van der Waals surface area contributed by atoms with E-state index in [0.29, 0.717) is 10.9 Å². The molecule has 1 saturated heterocycles. The quantitative estimate of drug-likeness (QED) is 0.673. The summed E-state index contributed by atoms with van der Waals surface area (Å²) in [5.41, 5.74) is 2.78. The lowest BCUT2D eigenvalue weighted by Gasteiger charge is -2.26. The van der Waals surface area contributed by atoms with Gasteiger partial charge >= 0.3 is 0 Å². The fraction of sp³-hybridized carbons (Fsp3) is 0.400. The molecule has 8 heteroatoms. The Bertz CT molecular complexity index is 1060. The number of nitrogens with zero attached hydrogens (tertiary/aromatic N) is 6. The highest BCUT2D eigenvalue weighted by molar-refractivity contribution is 7.09. The second-order valence-corrected chi connectivity index (χ2v) is 7.66. The van der Waals surface area contributed by atoms with Crippen molar-refractivity contribution in [3.63, 3.8) is 0 Å². The highest BCUT2D eigenvalue weighted by atomic mass is 32.1. The summed E-state index contributed by atoms with van der Waals surface area (Å²) in [6.07, 6.45) is 3.35. The maximum absolute atomic E-state index is 14.1. The summed E-state index contributed by atoms with van der Waals surface area (Å²) in [5.74, 6) is 0.569. The van der Waals surface area contributed by atoms with Crippen LogP contribution in [0.25, 0.3) is 10.9 Å². The van der Waals surface area contributed by atoms with Crippen molar-refractivity contribution in [2.75, 3.05) is 36.0 Å². The van der Waals surface area contributed by atoms with E-state index < -0.39 is 0 Å². The number of hydrogen-bond acceptors (Lipinski definition) is 7. The van der Waals surface area contributed by atoms with Gasteiger partial charge in [0, 0.05) is 55.7 Å². The predicted molar refractivity (Wildman–Crippen MR) is 109 cm³/mol. The maximum Gasteiger partial charge on any atom is 0.205 e. The van der Waals surface area contributed by atoms with Crippen molar-refractivity contribution in [1.82, 2.24) is 14.3 Å². The molecule has 28 heavy (non-hydrogen) atoms. The van der Waals surface area contributed by atoms with E-state index in [1.165, 1.54) is 23.7 Å². The second-order valence-electron chi connectivity index (χ2n) is 6.93. The van der Waals surface area contributed by atoms with Crippen LogP contribution in [0.4, 0.5) is 15.2 Å². The van der Waals surface area contributed by atoms with Gasteiger partial charge in [0.1, 0.15) is 17.7 Å². The third-order valence-electron chi connectivity index (χ3n) is 5.07. The highest BCUT2D eigenvalue weighted by Crippen LogP contribution is 2.32. The van der Waals surface area contributed by atoms with Crippen LogP contribution in [0.15, 0.2) is 18.3 Å². The number of rotatable bonds is 3. The van der Waals surface area contributed by atoms with Crippen LogP contribution < -0.4 is 9.80 Å². The number of benzene rings is 1. The number of fused-ring (bicyclic) bond motifs is 1. The number of hydrogen-bond donors (Lipinski definition) is 0. The van der Waals surface area contributed by atoms with Crippen molar-refractivity contribution < 1.29 is 4.39 Å². The minimum atomic E-state index is -0.305. The molecule has 0 saturated carbocycles. The largest absolute Gasteiger partial charge is 0.368 e. The summed E-state index contributed by atoms with van der Waals surface area (Å²) in [6.45, 7) is 7.08. The fourth-order valence-electron chi connectivity index (χ4n) is 3.69. The van der Waals surface area contributed by atoms with Crippen LogP contribution in [0, 0.1) is 24.1 Å². The Morgan fingerprint density at radius 3 is 2.75 bits per heavy atom. The summed E-state index contributed by atoms with van der Waals surface area (Å²) in [5, 5.41) is 11.3. The molecule has 1 aromatic carbocycles. The van der Waals surface area contributed by atoms with Gasteiger partial charge in [-0.05, 0) is 31.0 Å². The van der Waals surface area contributed by atoms with Gasteiger partial charge in [-0.1, -0.05) is 6.92 Å². The first-order valence-electron chi connectivity index (χ1n) is 9.42. The van der Waals surface area contributed by atoms with Gasteiger partial charge in [-0.15, -0.1) is 0 Å². The van der Waals surface area contributed by atoms with Crippen LogP contribution in [0.2, 0.25) is 0 Å². The fourth-order valence-corrected chi connectivity index (χ4v) is 4.50. The minimum Gasteiger partial charge on any atom is -0.368 e. The van der Waals surface area contributed by atoms with Gasteiger partial charge in [-0.3, -0.25) is 4.98 Å². The molecule has 2 aromatic heterocycles. The average Bonchev–Trinajstić information content (AvgIpc) is 3.04. The SMILES string of the molecule is CCc1nsc(N2CCCN(c3c(C#N)cnc4c(C)cc(F)cc34)CC2)n1. The topological polar surface area (TPSA) is 68.9 Å². The summed E-state index contributed by atoms with van der Waals surface area (Å²) in [6, 6.07) is 5.21. The molecule has 0 aliphatic carbocycles. The van der Waals surface area contributed by atoms with Crippen molar-refractivity contribution >= 4 is 33.3 Å².